The topological polar surface area (TPSA) is 108 Å². The van der Waals surface area contributed by atoms with Crippen molar-refractivity contribution in [2.24, 2.45) is 0 Å². The fourth-order valence-corrected chi connectivity index (χ4v) is 3.92. The largest absolute Gasteiger partial charge is 0.462 e. The summed E-state index contributed by atoms with van der Waals surface area (Å²) in [5.74, 6) is -2.04. The molecule has 1 fully saturated rings. The predicted molar refractivity (Wildman–Crippen MR) is 131 cm³/mol. The first kappa shape index (κ1) is 25.4. The molecule has 3 rings (SSSR count). The van der Waals surface area contributed by atoms with Gasteiger partial charge in [-0.05, 0) is 61.6 Å². The molecular formula is C22H20Cl2N4O5S. The number of benzene rings is 2. The summed E-state index contributed by atoms with van der Waals surface area (Å²) in [7, 11) is 1.45. The number of likely N-dealkylation sites (N-methyl/N-ethyl adjacent to an activating group) is 1. The smallest absolute Gasteiger partial charge is 0.338 e. The van der Waals surface area contributed by atoms with Crippen molar-refractivity contribution in [3.63, 3.8) is 0 Å². The van der Waals surface area contributed by atoms with Gasteiger partial charge in [-0.3, -0.25) is 24.7 Å². The average Bonchev–Trinajstić information content (AvgIpc) is 2.98. The Morgan fingerprint density at radius 1 is 1.12 bits per heavy atom. The molecule has 1 aliphatic rings. The Morgan fingerprint density at radius 2 is 1.79 bits per heavy atom. The third-order valence-corrected chi connectivity index (χ3v) is 5.89. The van der Waals surface area contributed by atoms with Crippen molar-refractivity contribution in [3.05, 3.63) is 63.6 Å². The highest BCUT2D eigenvalue weighted by atomic mass is 35.5. The second-order valence-electron chi connectivity index (χ2n) is 7.18. The first-order chi connectivity index (χ1) is 16.1. The zero-order valence-corrected chi connectivity index (χ0v) is 20.5. The molecule has 0 spiro atoms. The summed E-state index contributed by atoms with van der Waals surface area (Å²) in [5, 5.41) is 4.33. The molecule has 3 amide bonds. The molecule has 12 heteroatoms. The van der Waals surface area contributed by atoms with Gasteiger partial charge in [0, 0.05) is 17.8 Å². The van der Waals surface area contributed by atoms with E-state index in [1.165, 1.54) is 42.3 Å². The van der Waals surface area contributed by atoms with Crippen molar-refractivity contribution in [1.29, 1.82) is 0 Å². The van der Waals surface area contributed by atoms with Crippen molar-refractivity contribution in [3.8, 4) is 0 Å². The lowest BCUT2D eigenvalue weighted by molar-refractivity contribution is -0.130. The molecule has 0 aliphatic carbocycles. The van der Waals surface area contributed by atoms with Crippen molar-refractivity contribution in [2.75, 3.05) is 19.0 Å². The Labute approximate surface area is 210 Å². The summed E-state index contributed by atoms with van der Waals surface area (Å²) in [6, 6.07) is 9.40. The summed E-state index contributed by atoms with van der Waals surface area (Å²) in [6.07, 6.45) is -0.294. The van der Waals surface area contributed by atoms with E-state index in [1.807, 2.05) is 0 Å². The van der Waals surface area contributed by atoms with Gasteiger partial charge in [-0.25, -0.2) is 9.80 Å². The van der Waals surface area contributed by atoms with Gasteiger partial charge in [-0.1, -0.05) is 23.2 Å². The van der Waals surface area contributed by atoms with Gasteiger partial charge >= 0.3 is 5.97 Å². The Bertz CT molecular complexity index is 1160. The number of nitrogens with zero attached hydrogens (tertiary/aromatic N) is 2. The number of thiocarbonyl (C=S) groups is 1. The maximum atomic E-state index is 12.7. The second-order valence-corrected chi connectivity index (χ2v) is 8.39. The van der Waals surface area contributed by atoms with Gasteiger partial charge in [0.25, 0.3) is 11.8 Å². The molecule has 1 atom stereocenters. The van der Waals surface area contributed by atoms with Crippen LogP contribution in [0.1, 0.15) is 34.1 Å². The molecule has 9 nitrogen and oxygen atoms in total. The highest BCUT2D eigenvalue weighted by Crippen LogP contribution is 2.23. The molecular weight excluding hydrogens is 503 g/mol. The maximum absolute atomic E-state index is 12.7. The average molecular weight is 523 g/mol. The molecule has 1 heterocycles. The molecule has 0 saturated carbocycles. The Hall–Kier alpha value is -3.21. The van der Waals surface area contributed by atoms with Gasteiger partial charge in [0.1, 0.15) is 6.04 Å². The van der Waals surface area contributed by atoms with E-state index >= 15 is 0 Å². The van der Waals surface area contributed by atoms with E-state index < -0.39 is 29.7 Å². The lowest BCUT2D eigenvalue weighted by atomic mass is 10.1. The molecule has 1 aliphatic heterocycles. The van der Waals surface area contributed by atoms with E-state index in [2.05, 4.69) is 10.7 Å². The summed E-state index contributed by atoms with van der Waals surface area (Å²) >= 11 is 17.2. The Morgan fingerprint density at radius 3 is 2.41 bits per heavy atom. The number of carbonyl (C=O) groups is 4. The van der Waals surface area contributed by atoms with Gasteiger partial charge in [-0.2, -0.15) is 0 Å². The van der Waals surface area contributed by atoms with Crippen molar-refractivity contribution in [2.45, 2.75) is 19.4 Å². The lowest BCUT2D eigenvalue weighted by Gasteiger charge is -2.24. The van der Waals surface area contributed by atoms with E-state index in [-0.39, 0.29) is 28.7 Å². The number of hydrogen-bond donors (Lipinski definition) is 2. The fourth-order valence-electron chi connectivity index (χ4n) is 3.16. The second kappa shape index (κ2) is 10.8. The number of hydrazine groups is 1. The SMILES string of the molecule is CCOC(=O)c1ccc(NC(=O)CC2C(=O)N(C)C(=S)N2NC(=O)c2ccc(Cl)cc2Cl)cc1. The van der Waals surface area contributed by atoms with Crippen LogP contribution in [0.25, 0.3) is 0 Å². The molecule has 0 aromatic heterocycles. The van der Waals surface area contributed by atoms with Gasteiger partial charge in [0.2, 0.25) is 5.91 Å². The summed E-state index contributed by atoms with van der Waals surface area (Å²) in [6.45, 7) is 1.95. The molecule has 0 radical (unpaired) electrons. The van der Waals surface area contributed by atoms with Crippen LogP contribution in [-0.4, -0.2) is 58.4 Å². The third-order valence-electron chi connectivity index (χ3n) is 4.88. The highest BCUT2D eigenvalue weighted by Gasteiger charge is 2.43. The summed E-state index contributed by atoms with van der Waals surface area (Å²) < 4.78 is 4.92. The van der Waals surface area contributed by atoms with Crippen LogP contribution in [0.4, 0.5) is 5.69 Å². The van der Waals surface area contributed by atoms with Crippen LogP contribution in [0.15, 0.2) is 42.5 Å². The van der Waals surface area contributed by atoms with Gasteiger partial charge in [0.15, 0.2) is 5.11 Å². The highest BCUT2D eigenvalue weighted by molar-refractivity contribution is 7.80. The minimum atomic E-state index is -1.06. The number of esters is 1. The Balaban J connectivity index is 1.70. The molecule has 0 bridgehead atoms. The van der Waals surface area contributed by atoms with Gasteiger partial charge in [0.05, 0.1) is 29.2 Å². The number of rotatable bonds is 7. The first-order valence-corrected chi connectivity index (χ1v) is 11.2. The monoisotopic (exact) mass is 522 g/mol. The van der Waals surface area contributed by atoms with Crippen molar-refractivity contribution >= 4 is 69.9 Å². The number of carbonyl (C=O) groups excluding carboxylic acids is 4. The fraction of sp³-hybridized carbons (Fsp3) is 0.227. The molecule has 2 aromatic carbocycles. The van der Waals surface area contributed by atoms with Crippen LogP contribution < -0.4 is 10.7 Å². The number of halogens is 2. The van der Waals surface area contributed by atoms with Crippen molar-refractivity contribution in [1.82, 2.24) is 15.3 Å². The number of ether oxygens (including phenoxy) is 1. The predicted octanol–water partition coefficient (Wildman–Crippen LogP) is 3.27. The normalized spacial score (nSPS) is 15.4. The maximum Gasteiger partial charge on any atom is 0.338 e. The zero-order valence-electron chi connectivity index (χ0n) is 18.1. The molecule has 178 valence electrons. The number of nitrogens with one attached hydrogen (secondary N) is 2. The first-order valence-electron chi connectivity index (χ1n) is 10.1. The minimum Gasteiger partial charge on any atom is -0.462 e. The van der Waals surface area contributed by atoms with Gasteiger partial charge < -0.3 is 10.1 Å². The van der Waals surface area contributed by atoms with Crippen LogP contribution in [0.3, 0.4) is 0 Å². The molecule has 1 saturated heterocycles. The Kier molecular flexibility index (Phi) is 8.08. The van der Waals surface area contributed by atoms with Crippen LogP contribution in [0.5, 0.6) is 0 Å². The standard InChI is InChI=1S/C22H20Cl2N4O5S/c1-3-33-21(32)12-4-7-14(8-5-12)25-18(29)11-17-20(31)27(2)22(34)28(17)26-19(30)15-9-6-13(23)10-16(15)24/h4-10,17H,3,11H2,1-2H3,(H,25,29)(H,26,30). The number of amides is 3. The summed E-state index contributed by atoms with van der Waals surface area (Å²) in [5.41, 5.74) is 3.43. The zero-order chi connectivity index (χ0) is 25.0. The van der Waals surface area contributed by atoms with Crippen LogP contribution in [0.2, 0.25) is 10.0 Å². The van der Waals surface area contributed by atoms with E-state index in [9.17, 15) is 19.2 Å². The quantitative estimate of drug-likeness (QED) is 0.424. The van der Waals surface area contributed by atoms with Gasteiger partial charge in [-0.15, -0.1) is 0 Å². The molecule has 34 heavy (non-hydrogen) atoms. The van der Waals surface area contributed by atoms with E-state index in [4.69, 9.17) is 40.2 Å². The van der Waals surface area contributed by atoms with E-state index in [0.717, 1.165) is 5.01 Å². The third kappa shape index (κ3) is 5.64. The van der Waals surface area contributed by atoms with E-state index in [0.29, 0.717) is 16.3 Å². The molecule has 1 unspecified atom stereocenters. The number of anilines is 1. The molecule has 2 N–H and O–H groups in total. The minimum absolute atomic E-state index is 0.0278. The lowest BCUT2D eigenvalue weighted by Crippen LogP contribution is -2.49. The molecule has 2 aromatic rings. The van der Waals surface area contributed by atoms with Crippen LogP contribution in [0, 0.1) is 0 Å². The van der Waals surface area contributed by atoms with Crippen LogP contribution in [-0.2, 0) is 14.3 Å². The number of hydrogen-bond acceptors (Lipinski definition) is 6. The van der Waals surface area contributed by atoms with E-state index in [1.54, 1.807) is 19.1 Å². The van der Waals surface area contributed by atoms with Crippen molar-refractivity contribution < 1.29 is 23.9 Å². The summed E-state index contributed by atoms with van der Waals surface area (Å²) in [4.78, 5) is 51.0. The van der Waals surface area contributed by atoms with Crippen LogP contribution >= 0.6 is 35.4 Å².